The Hall–Kier alpha value is -2.84. The minimum atomic E-state index is -1.00. The molecule has 0 bridgehead atoms. The molecule has 2 heterocycles. The topological polar surface area (TPSA) is 107 Å². The van der Waals surface area contributed by atoms with Crippen LogP contribution in [-0.2, 0) is 22.6 Å². The van der Waals surface area contributed by atoms with E-state index < -0.39 is 29.8 Å². The molecule has 8 nitrogen and oxygen atoms in total. The molecule has 0 saturated carbocycles. The molecule has 28 heavy (non-hydrogen) atoms. The van der Waals surface area contributed by atoms with Gasteiger partial charge in [-0.1, -0.05) is 12.1 Å². The first-order chi connectivity index (χ1) is 13.0. The number of nitrogens with zero attached hydrogens (tertiary/aromatic N) is 2. The molecule has 0 aliphatic carbocycles. The molecule has 154 valence electrons. The largest absolute Gasteiger partial charge is 0.480 e. The van der Waals surface area contributed by atoms with E-state index in [9.17, 15) is 18.8 Å². The van der Waals surface area contributed by atoms with E-state index in [4.69, 9.17) is 14.9 Å². The van der Waals surface area contributed by atoms with Crippen molar-refractivity contribution in [3.05, 3.63) is 35.1 Å². The van der Waals surface area contributed by atoms with Crippen LogP contribution in [-0.4, -0.2) is 56.4 Å². The zero-order valence-corrected chi connectivity index (χ0v) is 16.1. The zero-order chi connectivity index (χ0) is 21.1. The monoisotopic (exact) mass is 396 g/mol. The van der Waals surface area contributed by atoms with Gasteiger partial charge in [-0.3, -0.25) is 9.80 Å². The Morgan fingerprint density at radius 3 is 2.39 bits per heavy atom. The van der Waals surface area contributed by atoms with E-state index in [-0.39, 0.29) is 12.4 Å². The van der Waals surface area contributed by atoms with E-state index in [2.05, 4.69) is 0 Å². The third-order valence-electron chi connectivity index (χ3n) is 4.36. The van der Waals surface area contributed by atoms with E-state index in [1.807, 2.05) is 0 Å². The summed E-state index contributed by atoms with van der Waals surface area (Å²) in [5.41, 5.74) is 0.690. The maximum Gasteiger partial charge on any atom is 0.411 e. The van der Waals surface area contributed by atoms with Gasteiger partial charge in [-0.05, 0) is 45.2 Å². The molecule has 1 atom stereocenters. The third-order valence-corrected chi connectivity index (χ3v) is 4.36. The summed E-state index contributed by atoms with van der Waals surface area (Å²) in [6.45, 7) is 6.20. The minimum absolute atomic E-state index is 0.164. The van der Waals surface area contributed by atoms with Crippen molar-refractivity contribution in [3.8, 4) is 0 Å². The Morgan fingerprint density at radius 1 is 1.18 bits per heavy atom. The third kappa shape index (κ3) is 5.34. The van der Waals surface area contributed by atoms with Crippen LogP contribution >= 0.6 is 0 Å². The predicted octanol–water partition coefficient (Wildman–Crippen LogP) is 3.29. The highest BCUT2D eigenvalue weighted by atomic mass is 19.1. The van der Waals surface area contributed by atoms with Gasteiger partial charge in [-0.15, -0.1) is 0 Å². The van der Waals surface area contributed by atoms with Gasteiger partial charge in [0.15, 0.2) is 0 Å². The Labute approximate surface area is 162 Å². The predicted molar refractivity (Wildman–Crippen MR) is 97.3 cm³/mol. The van der Waals surface area contributed by atoms with Crippen LogP contribution in [0.4, 0.5) is 14.0 Å². The van der Waals surface area contributed by atoms with Crippen molar-refractivity contribution in [2.75, 3.05) is 6.54 Å². The minimum Gasteiger partial charge on any atom is -0.480 e. The number of rotatable bonds is 1. The second-order valence-electron chi connectivity index (χ2n) is 7.69. The molecule has 9 heteroatoms. The number of carbonyl (C=O) groups excluding carboxylic acids is 1. The molecule has 1 saturated heterocycles. The molecule has 2 N–H and O–H groups in total. The van der Waals surface area contributed by atoms with Crippen molar-refractivity contribution in [1.82, 2.24) is 9.80 Å². The highest BCUT2D eigenvalue weighted by Crippen LogP contribution is 2.24. The molecule has 1 fully saturated rings. The van der Waals surface area contributed by atoms with Crippen LogP contribution in [0.15, 0.2) is 18.2 Å². The summed E-state index contributed by atoms with van der Waals surface area (Å²) in [5, 5.41) is 17.6. The molecule has 0 spiro atoms. The number of carboxylic acid groups (broad SMARTS) is 2. The zero-order valence-electron chi connectivity index (χ0n) is 16.1. The fourth-order valence-corrected chi connectivity index (χ4v) is 3.08. The molecular weight excluding hydrogens is 371 g/mol. The molecule has 1 aromatic carbocycles. The van der Waals surface area contributed by atoms with Crippen LogP contribution in [0.5, 0.6) is 0 Å². The maximum atomic E-state index is 13.1. The lowest BCUT2D eigenvalue weighted by Gasteiger charge is -2.26. The molecule has 0 aromatic heterocycles. The van der Waals surface area contributed by atoms with Crippen molar-refractivity contribution in [3.63, 3.8) is 0 Å². The maximum absolute atomic E-state index is 13.1. The number of aliphatic carboxylic acids is 1. The lowest BCUT2D eigenvalue weighted by atomic mass is 10.1. The van der Waals surface area contributed by atoms with Crippen molar-refractivity contribution < 1.29 is 33.7 Å². The van der Waals surface area contributed by atoms with E-state index in [0.717, 1.165) is 12.0 Å². The molecule has 2 amide bonds. The molecule has 3 rings (SSSR count). The van der Waals surface area contributed by atoms with E-state index in [0.29, 0.717) is 25.1 Å². The summed E-state index contributed by atoms with van der Waals surface area (Å²) in [6.07, 6.45) is -0.312. The van der Waals surface area contributed by atoms with Gasteiger partial charge in [0.2, 0.25) is 0 Å². The smallest absolute Gasteiger partial charge is 0.411 e. The number of carboxylic acids is 1. The summed E-state index contributed by atoms with van der Waals surface area (Å²) in [5.74, 6) is -1.28. The van der Waals surface area contributed by atoms with Crippen molar-refractivity contribution >= 4 is 18.2 Å². The van der Waals surface area contributed by atoms with Gasteiger partial charge in [0.25, 0.3) is 0 Å². The number of hydrogen-bond acceptors (Lipinski definition) is 4. The molecule has 2 aliphatic rings. The number of amides is 2. The Bertz CT molecular complexity index is 761. The molecule has 0 radical (unpaired) electrons. The number of likely N-dealkylation sites (tertiary alicyclic amines) is 1. The van der Waals surface area contributed by atoms with Crippen molar-refractivity contribution in [1.29, 1.82) is 0 Å². The first-order valence-corrected chi connectivity index (χ1v) is 8.96. The SMILES string of the molecule is CC(C)(C)OC(=O)N1CCCC1C(=O)O.O=C(O)N1Cc2cccc(F)c2C1. The second-order valence-corrected chi connectivity index (χ2v) is 7.69. The summed E-state index contributed by atoms with van der Waals surface area (Å²) in [7, 11) is 0. The van der Waals surface area contributed by atoms with Crippen LogP contribution in [0.25, 0.3) is 0 Å². The first kappa shape index (κ1) is 21.5. The summed E-state index contributed by atoms with van der Waals surface area (Å²) in [4.78, 5) is 35.5. The van der Waals surface area contributed by atoms with Gasteiger partial charge >= 0.3 is 18.2 Å². The van der Waals surface area contributed by atoms with Gasteiger partial charge in [0.1, 0.15) is 17.5 Å². The summed E-state index contributed by atoms with van der Waals surface area (Å²) >= 11 is 0. The van der Waals surface area contributed by atoms with Gasteiger partial charge in [0, 0.05) is 18.7 Å². The number of ether oxygens (including phenoxy) is 1. The number of hydrogen-bond donors (Lipinski definition) is 2. The van der Waals surface area contributed by atoms with Gasteiger partial charge in [-0.2, -0.15) is 0 Å². The van der Waals surface area contributed by atoms with Crippen molar-refractivity contribution in [2.24, 2.45) is 0 Å². The van der Waals surface area contributed by atoms with Crippen LogP contribution in [0.2, 0.25) is 0 Å². The van der Waals surface area contributed by atoms with E-state index in [1.54, 1.807) is 32.9 Å². The molecule has 1 aromatic rings. The standard InChI is InChI=1S/C10H17NO4.C9H8FNO2/c1-10(2,3)15-9(14)11-6-4-5-7(11)8(12)13;10-8-3-1-2-6-4-11(9(12)13)5-7(6)8/h7H,4-6H2,1-3H3,(H,12,13);1-3H,4-5H2,(H,12,13). The first-order valence-electron chi connectivity index (χ1n) is 8.96. The van der Waals surface area contributed by atoms with E-state index in [1.165, 1.54) is 15.9 Å². The average Bonchev–Trinajstić information content (AvgIpc) is 3.21. The van der Waals surface area contributed by atoms with Gasteiger partial charge in [0.05, 0.1) is 6.54 Å². The fraction of sp³-hybridized carbons (Fsp3) is 0.526. The van der Waals surface area contributed by atoms with Gasteiger partial charge < -0.3 is 14.9 Å². The fourth-order valence-electron chi connectivity index (χ4n) is 3.08. The lowest BCUT2D eigenvalue weighted by Crippen LogP contribution is -2.43. The molecular formula is C19H25FN2O6. The summed E-state index contributed by atoms with van der Waals surface area (Å²) in [6, 6.07) is 3.98. The highest BCUT2D eigenvalue weighted by Gasteiger charge is 2.36. The number of benzene rings is 1. The van der Waals surface area contributed by atoms with Crippen molar-refractivity contribution in [2.45, 2.75) is 58.3 Å². The molecule has 2 aliphatic heterocycles. The van der Waals surface area contributed by atoms with E-state index >= 15 is 0 Å². The lowest BCUT2D eigenvalue weighted by molar-refractivity contribution is -0.142. The van der Waals surface area contributed by atoms with Crippen LogP contribution in [0.3, 0.4) is 0 Å². The Balaban J connectivity index is 0.000000202. The summed E-state index contributed by atoms with van der Waals surface area (Å²) < 4.78 is 18.2. The normalized spacial score (nSPS) is 18.2. The second kappa shape index (κ2) is 8.45. The Kier molecular flexibility index (Phi) is 6.48. The van der Waals surface area contributed by atoms with Crippen LogP contribution in [0, 0.1) is 5.82 Å². The number of halogens is 1. The average molecular weight is 396 g/mol. The quantitative estimate of drug-likeness (QED) is 0.754. The highest BCUT2D eigenvalue weighted by molar-refractivity contribution is 5.80. The Morgan fingerprint density at radius 2 is 1.86 bits per heavy atom. The van der Waals surface area contributed by atoms with Crippen LogP contribution < -0.4 is 0 Å². The van der Waals surface area contributed by atoms with Crippen LogP contribution in [0.1, 0.15) is 44.7 Å². The number of fused-ring (bicyclic) bond motifs is 1. The van der Waals surface area contributed by atoms with Gasteiger partial charge in [-0.25, -0.2) is 18.8 Å². The number of carbonyl (C=O) groups is 3. The molecule has 1 unspecified atom stereocenters.